The van der Waals surface area contributed by atoms with Gasteiger partial charge < -0.3 is 4.48 Å². The summed E-state index contributed by atoms with van der Waals surface area (Å²) in [5.74, 6) is 0. The van der Waals surface area contributed by atoms with Crippen LogP contribution in [0.2, 0.25) is 0 Å². The van der Waals surface area contributed by atoms with Crippen LogP contribution in [0.3, 0.4) is 0 Å². The molecular formula is C19H42N+. The predicted octanol–water partition coefficient (Wildman–Crippen LogP) is 6.17. The minimum absolute atomic E-state index is 0.865. The summed E-state index contributed by atoms with van der Waals surface area (Å²) in [6.07, 6.45) is -63.3. The van der Waals surface area contributed by atoms with Gasteiger partial charge in [-0.3, -0.25) is 0 Å². The fraction of sp³-hybridized carbons (Fsp3) is 1.00. The minimum atomic E-state index is -5.11. The average Bonchev–Trinajstić information content (AvgIpc) is 2.88. The van der Waals surface area contributed by atoms with Crippen molar-refractivity contribution in [2.45, 2.75) is 103 Å². The maximum atomic E-state index is 8.56. The highest BCUT2D eigenvalue weighted by Gasteiger charge is 2.16. The van der Waals surface area contributed by atoms with Crippen molar-refractivity contribution in [2.75, 3.05) is 21.1 Å². The van der Waals surface area contributed by atoms with Gasteiger partial charge >= 0.3 is 0 Å². The third-order valence-electron chi connectivity index (χ3n) is 1.54. The molecule has 0 aromatic heterocycles. The number of hydrogen-bond acceptors (Lipinski definition) is 0. The molecule has 0 bridgehead atoms. The molecule has 0 aliphatic heterocycles. The van der Waals surface area contributed by atoms with Gasteiger partial charge in [-0.15, -0.1) is 0 Å². The van der Waals surface area contributed by atoms with Gasteiger partial charge in [-0.05, 0) is 19.6 Å². The second-order valence-electron chi connectivity index (χ2n) is 3.99. The Morgan fingerprint density at radius 3 is 1.65 bits per heavy atom. The summed E-state index contributed by atoms with van der Waals surface area (Å²) in [6, 6.07) is -3.77. The first-order chi connectivity index (χ1) is 22.0. The molecule has 0 saturated heterocycles. The summed E-state index contributed by atoms with van der Waals surface area (Å²) < 4.78 is 265. The van der Waals surface area contributed by atoms with Gasteiger partial charge in [0.15, 0.2) is 0 Å². The Labute approximate surface area is 176 Å². The third kappa shape index (κ3) is 13.0. The highest BCUT2D eigenvalue weighted by Crippen LogP contribution is 2.15. The molecule has 1 nitrogen and oxygen atoms in total. The molecule has 122 valence electrons. The molecule has 20 heavy (non-hydrogen) atoms. The van der Waals surface area contributed by atoms with Gasteiger partial charge in [0.05, 0.1) is 28.5 Å². The first kappa shape index (κ1) is 2.66. The second-order valence-corrected chi connectivity index (χ2v) is 3.99. The van der Waals surface area contributed by atoms with E-state index >= 15 is 0 Å². The van der Waals surface area contributed by atoms with Crippen molar-refractivity contribution in [1.29, 1.82) is 0 Å². The summed E-state index contributed by atoms with van der Waals surface area (Å²) >= 11 is 0. The SMILES string of the molecule is [2H]C([2H])([2H])C([2H])([2H])C([2H])([2H])C([2H])([2H])C([2H])([2H])C([2H])([2H])C([2H])([2H])C([2H])([2H])C([2H])([2H])C([2H])([2H])C([2H])([2H])C([2H])([2H])C([2H])([2H])C([2H])([2H])C([2H])(C([2H])([2H])[2H])[N+](C)(C)C. The predicted molar refractivity (Wildman–Crippen MR) is 93.2 cm³/mol. The first-order valence-electron chi connectivity index (χ1n) is 21.8. The summed E-state index contributed by atoms with van der Waals surface area (Å²) in [6.45, 7) is -7.96. The van der Waals surface area contributed by atoms with Crippen LogP contribution < -0.4 is 0 Å². The van der Waals surface area contributed by atoms with Gasteiger partial charge in [0.25, 0.3) is 0 Å². The van der Waals surface area contributed by atoms with Crippen LogP contribution in [-0.4, -0.2) is 31.6 Å². The molecule has 0 spiro atoms. The van der Waals surface area contributed by atoms with E-state index in [-0.39, 0.29) is 0 Å². The molecule has 0 aliphatic carbocycles. The Balaban J connectivity index is 7.87. The second kappa shape index (κ2) is 12.7. The Morgan fingerprint density at radius 2 is 1.25 bits per heavy atom. The largest absolute Gasteiger partial charge is 0.329 e. The molecule has 1 atom stereocenters. The molecule has 1 heteroatoms. The molecule has 0 heterocycles. The van der Waals surface area contributed by atoms with Crippen LogP contribution in [0.25, 0.3) is 0 Å². The van der Waals surface area contributed by atoms with Crippen molar-refractivity contribution in [3.05, 3.63) is 0 Å². The van der Waals surface area contributed by atoms with E-state index in [9.17, 15) is 0 Å². The summed E-state index contributed by atoms with van der Waals surface area (Å²) in [5.41, 5.74) is 0. The fourth-order valence-corrected chi connectivity index (χ4v) is 0.571. The normalized spacial score (nSPS) is 50.2. The van der Waals surface area contributed by atoms with Crippen molar-refractivity contribution in [3.63, 3.8) is 0 Å². The van der Waals surface area contributed by atoms with E-state index in [0.717, 1.165) is 21.1 Å². The van der Waals surface area contributed by atoms with Gasteiger partial charge in [0.1, 0.15) is 0 Å². The molecule has 0 aromatic rings. The lowest BCUT2D eigenvalue weighted by Crippen LogP contribution is -2.43. The molecule has 1 unspecified atom stereocenters. The molecule has 0 aliphatic rings. The van der Waals surface area contributed by atoms with E-state index in [1.54, 1.807) is 0 Å². The quantitative estimate of drug-likeness (QED) is 0.336. The molecule has 0 amide bonds. The van der Waals surface area contributed by atoms with Gasteiger partial charge in [0, 0.05) is 43.9 Å². The lowest BCUT2D eigenvalue weighted by atomic mass is 10.0. The smallest absolute Gasteiger partial charge is 0.0958 e. The standard InChI is InChI=1S/C19H42N/c1-6-7-8-9-10-11-12-13-14-15-16-17-18-19(2)20(3,4)5/h19H,6-18H2,1-5H3/q+1/i1D3,2D3,6D2,7D2,8D2,9D2,10D2,11D2,12D2,13D2,14D2,15D2,16D2,17D2,18D2,19D. The van der Waals surface area contributed by atoms with Crippen LogP contribution in [0.15, 0.2) is 0 Å². The maximum absolute atomic E-state index is 8.56. The van der Waals surface area contributed by atoms with Crippen LogP contribution in [-0.2, 0) is 0 Å². The minimum Gasteiger partial charge on any atom is -0.329 e. The number of nitrogens with zero attached hydrogens (tertiary/aromatic N) is 1. The fourth-order valence-electron chi connectivity index (χ4n) is 0.571. The molecule has 0 aromatic carbocycles. The average molecular weight is 318 g/mol. The molecule has 0 N–H and O–H groups in total. The maximum Gasteiger partial charge on any atom is 0.0958 e. The van der Waals surface area contributed by atoms with Crippen LogP contribution >= 0.6 is 0 Å². The van der Waals surface area contributed by atoms with Crippen molar-refractivity contribution in [1.82, 2.24) is 0 Å². The Kier molecular flexibility index (Phi) is 1.69. The van der Waals surface area contributed by atoms with E-state index in [1.807, 2.05) is 0 Å². The van der Waals surface area contributed by atoms with Crippen molar-refractivity contribution in [2.24, 2.45) is 0 Å². The monoisotopic (exact) mass is 318 g/mol. The van der Waals surface area contributed by atoms with E-state index in [4.69, 9.17) is 45.2 Å². The lowest BCUT2D eigenvalue weighted by Gasteiger charge is -2.31. The van der Waals surface area contributed by atoms with Crippen molar-refractivity contribution in [3.8, 4) is 0 Å². The van der Waals surface area contributed by atoms with Crippen LogP contribution in [0.5, 0.6) is 0 Å². The van der Waals surface area contributed by atoms with E-state index in [0.29, 0.717) is 0 Å². The number of quaternary nitrogens is 1. The van der Waals surface area contributed by atoms with Crippen LogP contribution in [0.1, 0.15) is 142 Å². The summed E-state index contributed by atoms with van der Waals surface area (Å²) in [5, 5.41) is 0. The Bertz CT molecular complexity index is 1320. The lowest BCUT2D eigenvalue weighted by molar-refractivity contribution is -0.894. The summed E-state index contributed by atoms with van der Waals surface area (Å²) in [7, 11) is 2.59. The van der Waals surface area contributed by atoms with Gasteiger partial charge in [-0.1, -0.05) is 77.0 Å². The molecule has 0 rings (SSSR count). The Morgan fingerprint density at radius 1 is 0.800 bits per heavy atom. The van der Waals surface area contributed by atoms with Crippen molar-refractivity contribution >= 4 is 0 Å². The number of rotatable bonds is 14. The number of hydrogen-bond donors (Lipinski definition) is 0. The Hall–Kier alpha value is -0.0400. The molecular weight excluding hydrogens is 242 g/mol. The van der Waals surface area contributed by atoms with E-state index < -0.39 is 107 Å². The van der Waals surface area contributed by atoms with Gasteiger partial charge in [0.2, 0.25) is 0 Å². The third-order valence-corrected chi connectivity index (χ3v) is 1.54. The topological polar surface area (TPSA) is 0 Å². The molecule has 0 fully saturated rings. The zero-order valence-electron chi connectivity index (χ0n) is 44.4. The highest BCUT2D eigenvalue weighted by molar-refractivity contribution is 4.53. The van der Waals surface area contributed by atoms with Crippen LogP contribution in [0.4, 0.5) is 0 Å². The summed E-state index contributed by atoms with van der Waals surface area (Å²) in [4.78, 5) is 0. The molecule has 0 saturated carbocycles. The van der Waals surface area contributed by atoms with E-state index in [2.05, 4.69) is 0 Å². The zero-order chi connectivity index (χ0) is 44.5. The first-order valence-corrected chi connectivity index (χ1v) is 5.32. The highest BCUT2D eigenvalue weighted by atomic mass is 15.3. The van der Waals surface area contributed by atoms with Crippen LogP contribution in [0, 0.1) is 0 Å². The zero-order valence-corrected chi connectivity index (χ0v) is 11.4. The molecule has 0 radical (unpaired) electrons. The van der Waals surface area contributed by atoms with E-state index in [1.165, 1.54) is 0 Å². The van der Waals surface area contributed by atoms with Gasteiger partial charge in [-0.2, -0.15) is 0 Å². The van der Waals surface area contributed by atoms with Crippen molar-refractivity contribution < 1.29 is 49.7 Å². The van der Waals surface area contributed by atoms with Gasteiger partial charge in [-0.25, -0.2) is 0 Å².